The molecule has 0 spiro atoms. The van der Waals surface area contributed by atoms with Crippen molar-refractivity contribution in [3.63, 3.8) is 0 Å². The smallest absolute Gasteiger partial charge is 0.308 e. The van der Waals surface area contributed by atoms with E-state index in [0.717, 1.165) is 12.8 Å². The number of carbonyl (C=O) groups excluding carboxylic acids is 1. The largest absolute Gasteiger partial charge is 0.481 e. The minimum Gasteiger partial charge on any atom is -0.481 e. The molecule has 1 amide bonds. The first kappa shape index (κ1) is 11.4. The normalized spacial score (nSPS) is 30.9. The highest BCUT2D eigenvalue weighted by Crippen LogP contribution is 2.37. The second-order valence-electron chi connectivity index (χ2n) is 5.04. The Morgan fingerprint density at radius 3 is 2.31 bits per heavy atom. The SMILES string of the molecule is CC(=O)N1CC(C(=O)O)CCC1C1CCC1. The molecule has 0 aromatic rings. The van der Waals surface area contributed by atoms with E-state index < -0.39 is 5.97 Å². The van der Waals surface area contributed by atoms with Gasteiger partial charge in [0.25, 0.3) is 0 Å². The highest BCUT2D eigenvalue weighted by atomic mass is 16.4. The quantitative estimate of drug-likeness (QED) is 0.774. The van der Waals surface area contributed by atoms with Gasteiger partial charge in [0.2, 0.25) is 5.91 Å². The second kappa shape index (κ2) is 4.44. The number of carboxylic acids is 1. The Balaban J connectivity index is 2.04. The average molecular weight is 225 g/mol. The molecule has 4 heteroatoms. The molecule has 2 rings (SSSR count). The molecule has 4 nitrogen and oxygen atoms in total. The molecule has 1 saturated heterocycles. The summed E-state index contributed by atoms with van der Waals surface area (Å²) < 4.78 is 0. The van der Waals surface area contributed by atoms with Crippen molar-refractivity contribution in [2.75, 3.05) is 6.54 Å². The van der Waals surface area contributed by atoms with Gasteiger partial charge < -0.3 is 10.0 Å². The fraction of sp³-hybridized carbons (Fsp3) is 0.833. The predicted octanol–water partition coefficient (Wildman–Crippen LogP) is 1.50. The molecule has 1 aliphatic heterocycles. The second-order valence-corrected chi connectivity index (χ2v) is 5.04. The lowest BCUT2D eigenvalue weighted by molar-refractivity contribution is -0.148. The van der Waals surface area contributed by atoms with E-state index in [2.05, 4.69) is 0 Å². The molecule has 1 heterocycles. The van der Waals surface area contributed by atoms with Crippen molar-refractivity contribution in [2.24, 2.45) is 11.8 Å². The van der Waals surface area contributed by atoms with E-state index in [4.69, 9.17) is 5.11 Å². The van der Waals surface area contributed by atoms with Crippen molar-refractivity contribution < 1.29 is 14.7 Å². The fourth-order valence-corrected chi connectivity index (χ4v) is 2.87. The van der Waals surface area contributed by atoms with Gasteiger partial charge in [0, 0.05) is 19.5 Å². The van der Waals surface area contributed by atoms with Gasteiger partial charge in [0.05, 0.1) is 5.92 Å². The summed E-state index contributed by atoms with van der Waals surface area (Å²) in [4.78, 5) is 24.3. The van der Waals surface area contributed by atoms with E-state index in [1.807, 2.05) is 0 Å². The summed E-state index contributed by atoms with van der Waals surface area (Å²) in [5.41, 5.74) is 0. The summed E-state index contributed by atoms with van der Waals surface area (Å²) in [6.45, 7) is 1.96. The number of nitrogens with zero attached hydrogens (tertiary/aromatic N) is 1. The molecule has 0 radical (unpaired) electrons. The number of likely N-dealkylation sites (tertiary alicyclic amines) is 1. The maximum absolute atomic E-state index is 11.6. The van der Waals surface area contributed by atoms with Crippen LogP contribution in [0.5, 0.6) is 0 Å². The van der Waals surface area contributed by atoms with Crippen LogP contribution in [0.2, 0.25) is 0 Å². The molecule has 2 unspecified atom stereocenters. The molecule has 90 valence electrons. The van der Waals surface area contributed by atoms with Crippen molar-refractivity contribution in [1.82, 2.24) is 4.90 Å². The zero-order valence-electron chi connectivity index (χ0n) is 9.69. The number of amides is 1. The first-order valence-corrected chi connectivity index (χ1v) is 6.09. The third-order valence-corrected chi connectivity index (χ3v) is 4.08. The molecule has 2 fully saturated rings. The van der Waals surface area contributed by atoms with Crippen LogP contribution in [0, 0.1) is 11.8 Å². The minimum atomic E-state index is -0.765. The Morgan fingerprint density at radius 2 is 1.88 bits per heavy atom. The van der Waals surface area contributed by atoms with Crippen LogP contribution in [0.15, 0.2) is 0 Å². The summed E-state index contributed by atoms with van der Waals surface area (Å²) in [6, 6.07) is 0.307. The van der Waals surface area contributed by atoms with Gasteiger partial charge in [-0.15, -0.1) is 0 Å². The lowest BCUT2D eigenvalue weighted by Crippen LogP contribution is -2.52. The first-order chi connectivity index (χ1) is 7.59. The molecule has 2 atom stereocenters. The van der Waals surface area contributed by atoms with Crippen LogP contribution in [0.25, 0.3) is 0 Å². The number of aliphatic carboxylic acids is 1. The van der Waals surface area contributed by atoms with E-state index in [-0.39, 0.29) is 11.8 Å². The van der Waals surface area contributed by atoms with Gasteiger partial charge in [0.1, 0.15) is 0 Å². The van der Waals surface area contributed by atoms with Gasteiger partial charge >= 0.3 is 5.97 Å². The highest BCUT2D eigenvalue weighted by Gasteiger charge is 2.39. The molecular formula is C12H19NO3. The zero-order chi connectivity index (χ0) is 11.7. The lowest BCUT2D eigenvalue weighted by Gasteiger charge is -2.45. The van der Waals surface area contributed by atoms with Crippen molar-refractivity contribution >= 4 is 11.9 Å². The van der Waals surface area contributed by atoms with Crippen LogP contribution < -0.4 is 0 Å². The summed E-state index contributed by atoms with van der Waals surface area (Å²) in [5, 5.41) is 9.00. The number of rotatable bonds is 2. The van der Waals surface area contributed by atoms with Gasteiger partial charge in [0.15, 0.2) is 0 Å². The van der Waals surface area contributed by atoms with Crippen LogP contribution in [0.1, 0.15) is 39.0 Å². The highest BCUT2D eigenvalue weighted by molar-refractivity contribution is 5.76. The van der Waals surface area contributed by atoms with Crippen LogP contribution in [0.3, 0.4) is 0 Å². The van der Waals surface area contributed by atoms with Crippen LogP contribution in [-0.2, 0) is 9.59 Å². The number of piperidine rings is 1. The molecule has 16 heavy (non-hydrogen) atoms. The molecular weight excluding hydrogens is 206 g/mol. The summed E-state index contributed by atoms with van der Waals surface area (Å²) in [7, 11) is 0. The topological polar surface area (TPSA) is 57.6 Å². The molecule has 0 aromatic heterocycles. The maximum Gasteiger partial charge on any atom is 0.308 e. The number of carbonyl (C=O) groups is 2. The summed E-state index contributed by atoms with van der Waals surface area (Å²) >= 11 is 0. The van der Waals surface area contributed by atoms with Crippen molar-refractivity contribution in [2.45, 2.75) is 45.1 Å². The van der Waals surface area contributed by atoms with Gasteiger partial charge in [-0.2, -0.15) is 0 Å². The van der Waals surface area contributed by atoms with Gasteiger partial charge in [-0.25, -0.2) is 0 Å². The van der Waals surface area contributed by atoms with E-state index in [9.17, 15) is 9.59 Å². The monoisotopic (exact) mass is 225 g/mol. The first-order valence-electron chi connectivity index (χ1n) is 6.09. The van der Waals surface area contributed by atoms with E-state index >= 15 is 0 Å². The Kier molecular flexibility index (Phi) is 3.17. The molecule has 0 aromatic carbocycles. The van der Waals surface area contributed by atoms with Gasteiger partial charge in [-0.1, -0.05) is 6.42 Å². The predicted molar refractivity (Wildman–Crippen MR) is 58.9 cm³/mol. The molecule has 0 bridgehead atoms. The number of hydrogen-bond acceptors (Lipinski definition) is 2. The van der Waals surface area contributed by atoms with Crippen LogP contribution in [-0.4, -0.2) is 34.5 Å². The van der Waals surface area contributed by atoms with Crippen molar-refractivity contribution in [1.29, 1.82) is 0 Å². The minimum absolute atomic E-state index is 0.0304. The molecule has 1 aliphatic carbocycles. The summed E-state index contributed by atoms with van der Waals surface area (Å²) in [5.74, 6) is -0.472. The average Bonchev–Trinajstić information content (AvgIpc) is 2.14. The third kappa shape index (κ3) is 2.06. The maximum atomic E-state index is 11.6. The molecule has 1 N–H and O–H groups in total. The van der Waals surface area contributed by atoms with Crippen molar-refractivity contribution in [3.05, 3.63) is 0 Å². The Morgan fingerprint density at radius 1 is 1.19 bits per heavy atom. The van der Waals surface area contributed by atoms with Crippen LogP contribution in [0.4, 0.5) is 0 Å². The number of carboxylic acid groups (broad SMARTS) is 1. The summed E-state index contributed by atoms with van der Waals surface area (Å²) in [6.07, 6.45) is 5.25. The zero-order valence-corrected chi connectivity index (χ0v) is 9.69. The van der Waals surface area contributed by atoms with Crippen molar-refractivity contribution in [3.8, 4) is 0 Å². The van der Waals surface area contributed by atoms with E-state index in [1.165, 1.54) is 19.3 Å². The van der Waals surface area contributed by atoms with E-state index in [0.29, 0.717) is 18.5 Å². The van der Waals surface area contributed by atoms with Gasteiger partial charge in [-0.05, 0) is 31.6 Å². The molecule has 1 saturated carbocycles. The lowest BCUT2D eigenvalue weighted by atomic mass is 9.75. The fourth-order valence-electron chi connectivity index (χ4n) is 2.87. The Labute approximate surface area is 95.6 Å². The standard InChI is InChI=1S/C12H19NO3/c1-8(14)13-7-10(12(15)16)5-6-11(13)9-3-2-4-9/h9-11H,2-7H2,1H3,(H,15,16). The van der Waals surface area contributed by atoms with Crippen LogP contribution >= 0.6 is 0 Å². The third-order valence-electron chi connectivity index (χ3n) is 4.08. The Hall–Kier alpha value is -1.06. The molecule has 2 aliphatic rings. The number of hydrogen-bond donors (Lipinski definition) is 1. The van der Waals surface area contributed by atoms with E-state index in [1.54, 1.807) is 11.8 Å². The van der Waals surface area contributed by atoms with Gasteiger partial charge in [-0.3, -0.25) is 9.59 Å². The Bertz CT molecular complexity index is 299.